The van der Waals surface area contributed by atoms with E-state index in [1.807, 2.05) is 58.0 Å². The number of thiazole rings is 1. The Labute approximate surface area is 264 Å². The number of carboxylic acid groups (broad SMARTS) is 1. The van der Waals surface area contributed by atoms with Gasteiger partial charge in [-0.3, -0.25) is 4.98 Å². The zero-order chi connectivity index (χ0) is 31.0. The van der Waals surface area contributed by atoms with Gasteiger partial charge in [-0.2, -0.15) is 0 Å². The van der Waals surface area contributed by atoms with Crippen LogP contribution in [0.25, 0.3) is 43.2 Å². The number of benzene rings is 2. The molecular formula is C33H32ClN5O4S. The minimum atomic E-state index is -1.18. The fraction of sp³-hybridized carbons (Fsp3) is 0.303. The number of anilines is 1. The van der Waals surface area contributed by atoms with Gasteiger partial charge in [-0.15, -0.1) is 11.3 Å². The van der Waals surface area contributed by atoms with Gasteiger partial charge < -0.3 is 19.5 Å². The first kappa shape index (κ1) is 30.1. The van der Waals surface area contributed by atoms with Crippen LogP contribution in [0.2, 0.25) is 5.02 Å². The van der Waals surface area contributed by atoms with Gasteiger partial charge in [-0.05, 0) is 69.2 Å². The smallest absolute Gasteiger partial charge is 0.337 e. The fourth-order valence-corrected chi connectivity index (χ4v) is 6.51. The molecule has 6 rings (SSSR count). The van der Waals surface area contributed by atoms with Gasteiger partial charge in [0.1, 0.15) is 5.01 Å². The van der Waals surface area contributed by atoms with Gasteiger partial charge in [-0.25, -0.2) is 19.7 Å². The number of hydrogen-bond donors (Lipinski definition) is 1. The summed E-state index contributed by atoms with van der Waals surface area (Å²) in [5, 5.41) is 11.7. The quantitative estimate of drug-likeness (QED) is 0.199. The standard InChI is InChI=1S/C33H32ClN5O4S/c1-19-15-25-29(27(20-5-7-23(34)8-6-20)26(19)28(31(40)41)43-33(2,3)4)44-30(38-25)21-9-10-35-24(16-21)22-17-36-32(37-18-22)39-11-13-42-14-12-39/h5-10,15-18,28H,11-14H2,1-4H3,(H,40,41). The van der Waals surface area contributed by atoms with E-state index in [0.29, 0.717) is 29.7 Å². The topological polar surface area (TPSA) is 111 Å². The largest absolute Gasteiger partial charge is 0.479 e. The summed E-state index contributed by atoms with van der Waals surface area (Å²) >= 11 is 7.74. The first-order valence-corrected chi connectivity index (χ1v) is 15.5. The number of carboxylic acids is 1. The number of aromatic nitrogens is 4. The first-order valence-electron chi connectivity index (χ1n) is 14.3. The second-order valence-corrected chi connectivity index (χ2v) is 13.0. The van der Waals surface area contributed by atoms with Crippen molar-refractivity contribution in [2.45, 2.75) is 39.4 Å². The van der Waals surface area contributed by atoms with Gasteiger partial charge in [0.2, 0.25) is 5.95 Å². The molecule has 11 heteroatoms. The normalized spacial score (nSPS) is 14.6. The maximum Gasteiger partial charge on any atom is 0.337 e. The fourth-order valence-electron chi connectivity index (χ4n) is 5.26. The lowest BCUT2D eigenvalue weighted by molar-refractivity contribution is -0.160. The maximum absolute atomic E-state index is 12.6. The lowest BCUT2D eigenvalue weighted by atomic mass is 9.91. The molecular weight excluding hydrogens is 598 g/mol. The number of carbonyl (C=O) groups is 1. The highest BCUT2D eigenvalue weighted by Gasteiger charge is 2.32. The number of morpholine rings is 1. The molecule has 44 heavy (non-hydrogen) atoms. The Morgan fingerprint density at radius 3 is 2.39 bits per heavy atom. The predicted octanol–water partition coefficient (Wildman–Crippen LogP) is 7.22. The molecule has 0 amide bonds. The Morgan fingerprint density at radius 1 is 1.02 bits per heavy atom. The van der Waals surface area contributed by atoms with E-state index in [1.54, 1.807) is 30.7 Å². The maximum atomic E-state index is 12.6. The van der Waals surface area contributed by atoms with Crippen LogP contribution in [0, 0.1) is 6.92 Å². The van der Waals surface area contributed by atoms with Crippen LogP contribution >= 0.6 is 22.9 Å². The van der Waals surface area contributed by atoms with E-state index in [9.17, 15) is 9.90 Å². The van der Waals surface area contributed by atoms with Gasteiger partial charge in [-0.1, -0.05) is 23.7 Å². The predicted molar refractivity (Wildman–Crippen MR) is 173 cm³/mol. The molecule has 1 unspecified atom stereocenters. The molecule has 226 valence electrons. The van der Waals surface area contributed by atoms with Crippen LogP contribution in [0.3, 0.4) is 0 Å². The van der Waals surface area contributed by atoms with Crippen molar-refractivity contribution >= 4 is 45.1 Å². The molecule has 1 fully saturated rings. The second kappa shape index (κ2) is 12.2. The number of halogens is 1. The van der Waals surface area contributed by atoms with Crippen LogP contribution in [0.5, 0.6) is 0 Å². The van der Waals surface area contributed by atoms with E-state index in [4.69, 9.17) is 26.1 Å². The van der Waals surface area contributed by atoms with Crippen LogP contribution in [-0.4, -0.2) is 62.9 Å². The lowest BCUT2D eigenvalue weighted by Gasteiger charge is -2.28. The van der Waals surface area contributed by atoms with Crippen molar-refractivity contribution in [1.29, 1.82) is 0 Å². The molecule has 1 aliphatic rings. The van der Waals surface area contributed by atoms with Crippen molar-refractivity contribution < 1.29 is 19.4 Å². The van der Waals surface area contributed by atoms with Gasteiger partial charge in [0.25, 0.3) is 0 Å². The second-order valence-electron chi connectivity index (χ2n) is 11.6. The number of rotatable bonds is 7. The molecule has 0 aliphatic carbocycles. The monoisotopic (exact) mass is 629 g/mol. The van der Waals surface area contributed by atoms with E-state index < -0.39 is 17.7 Å². The third-order valence-electron chi connectivity index (χ3n) is 7.25. The Bertz CT molecular complexity index is 1810. The number of pyridine rings is 1. The highest BCUT2D eigenvalue weighted by atomic mass is 35.5. The minimum absolute atomic E-state index is 0.594. The third kappa shape index (κ3) is 6.30. The summed E-state index contributed by atoms with van der Waals surface area (Å²) in [6.07, 6.45) is 4.15. The Kier molecular flexibility index (Phi) is 8.34. The number of ether oxygens (including phenoxy) is 2. The average Bonchev–Trinajstić information content (AvgIpc) is 3.44. The lowest BCUT2D eigenvalue weighted by Crippen LogP contribution is -2.37. The van der Waals surface area contributed by atoms with Crippen molar-refractivity contribution in [3.8, 4) is 33.0 Å². The Balaban J connectivity index is 1.44. The van der Waals surface area contributed by atoms with Crippen molar-refractivity contribution in [2.24, 2.45) is 0 Å². The summed E-state index contributed by atoms with van der Waals surface area (Å²) in [6.45, 7) is 10.3. The first-order chi connectivity index (χ1) is 21.1. The number of nitrogens with zero attached hydrogens (tertiary/aromatic N) is 5. The van der Waals surface area contributed by atoms with Crippen molar-refractivity contribution in [2.75, 3.05) is 31.2 Å². The molecule has 2 aromatic carbocycles. The van der Waals surface area contributed by atoms with Crippen molar-refractivity contribution in [1.82, 2.24) is 19.9 Å². The van der Waals surface area contributed by atoms with Gasteiger partial charge >= 0.3 is 5.97 Å². The minimum Gasteiger partial charge on any atom is -0.479 e. The van der Waals surface area contributed by atoms with Gasteiger partial charge in [0, 0.05) is 59.0 Å². The van der Waals surface area contributed by atoms with Gasteiger partial charge in [0.15, 0.2) is 6.10 Å². The molecule has 1 N–H and O–H groups in total. The molecule has 4 heterocycles. The summed E-state index contributed by atoms with van der Waals surface area (Å²) in [7, 11) is 0. The Morgan fingerprint density at radius 2 is 1.73 bits per heavy atom. The summed E-state index contributed by atoms with van der Waals surface area (Å²) in [4.78, 5) is 33.5. The van der Waals surface area contributed by atoms with Crippen molar-refractivity contribution in [3.63, 3.8) is 0 Å². The van der Waals surface area contributed by atoms with E-state index in [2.05, 4.69) is 19.9 Å². The molecule has 1 atom stereocenters. The molecule has 1 aliphatic heterocycles. The average molecular weight is 630 g/mol. The summed E-state index contributed by atoms with van der Waals surface area (Å²) in [6, 6.07) is 13.2. The molecule has 0 radical (unpaired) electrons. The third-order valence-corrected chi connectivity index (χ3v) is 8.64. The van der Waals surface area contributed by atoms with Crippen LogP contribution in [0.15, 0.2) is 61.1 Å². The summed E-state index contributed by atoms with van der Waals surface area (Å²) in [5.74, 6) is -0.377. The van der Waals surface area contributed by atoms with E-state index in [0.717, 1.165) is 61.8 Å². The van der Waals surface area contributed by atoms with Crippen LogP contribution < -0.4 is 4.90 Å². The molecule has 0 bridgehead atoms. The summed E-state index contributed by atoms with van der Waals surface area (Å²) in [5.41, 5.74) is 5.50. The molecule has 0 spiro atoms. The van der Waals surface area contributed by atoms with Crippen LogP contribution in [0.4, 0.5) is 5.95 Å². The number of fused-ring (bicyclic) bond motifs is 1. The molecule has 3 aromatic heterocycles. The molecule has 5 aromatic rings. The summed E-state index contributed by atoms with van der Waals surface area (Å²) < 4.78 is 12.4. The van der Waals surface area contributed by atoms with E-state index in [1.165, 1.54) is 11.3 Å². The van der Waals surface area contributed by atoms with Crippen LogP contribution in [-0.2, 0) is 14.3 Å². The number of hydrogen-bond acceptors (Lipinski definition) is 9. The van der Waals surface area contributed by atoms with E-state index >= 15 is 0 Å². The highest BCUT2D eigenvalue weighted by Crippen LogP contribution is 2.44. The SMILES string of the molecule is Cc1cc2nc(-c3ccnc(-c4cnc(N5CCOCC5)nc4)c3)sc2c(-c2ccc(Cl)cc2)c1C(OC(C)(C)C)C(=O)O. The van der Waals surface area contributed by atoms with E-state index in [-0.39, 0.29) is 0 Å². The van der Waals surface area contributed by atoms with Gasteiger partial charge in [0.05, 0.1) is 34.7 Å². The number of aliphatic carboxylic acids is 1. The zero-order valence-electron chi connectivity index (χ0n) is 24.9. The highest BCUT2D eigenvalue weighted by molar-refractivity contribution is 7.22. The zero-order valence-corrected chi connectivity index (χ0v) is 26.4. The molecule has 9 nitrogen and oxygen atoms in total. The number of aryl methyl sites for hydroxylation is 1. The Hall–Kier alpha value is -3.96. The molecule has 0 saturated carbocycles. The van der Waals surface area contributed by atoms with Crippen LogP contribution in [0.1, 0.15) is 38.0 Å². The van der Waals surface area contributed by atoms with Crippen molar-refractivity contribution in [3.05, 3.63) is 77.2 Å². The molecule has 1 saturated heterocycles.